The SMILES string of the molecule is CCC([C@H](O)c1ccc(Cl)cc1)n1ncn(-c2ccc(N3CCN(C(=O)c4ccccn4)CC3)nc2)c1=O. The zero-order chi connectivity index (χ0) is 26.6. The molecule has 4 aromatic rings. The molecule has 0 bridgehead atoms. The van der Waals surface area contributed by atoms with E-state index in [4.69, 9.17) is 11.6 Å². The Balaban J connectivity index is 1.26. The van der Waals surface area contributed by atoms with Gasteiger partial charge < -0.3 is 14.9 Å². The third-order valence-corrected chi connectivity index (χ3v) is 7.04. The molecule has 0 spiro atoms. The largest absolute Gasteiger partial charge is 0.386 e. The van der Waals surface area contributed by atoms with Gasteiger partial charge in [-0.2, -0.15) is 5.10 Å². The lowest BCUT2D eigenvalue weighted by Crippen LogP contribution is -2.49. The van der Waals surface area contributed by atoms with Crippen molar-refractivity contribution in [3.8, 4) is 5.69 Å². The number of carbonyl (C=O) groups is 1. The molecule has 38 heavy (non-hydrogen) atoms. The Morgan fingerprint density at radius 2 is 1.79 bits per heavy atom. The maximum atomic E-state index is 13.2. The Bertz CT molecular complexity index is 1430. The molecular formula is C27H28ClN7O3. The van der Waals surface area contributed by atoms with Crippen molar-refractivity contribution < 1.29 is 9.90 Å². The summed E-state index contributed by atoms with van der Waals surface area (Å²) in [5, 5.41) is 15.8. The molecule has 11 heteroatoms. The summed E-state index contributed by atoms with van der Waals surface area (Å²) in [6.07, 6.45) is 4.28. The predicted molar refractivity (Wildman–Crippen MR) is 144 cm³/mol. The quantitative estimate of drug-likeness (QED) is 0.388. The maximum absolute atomic E-state index is 13.2. The first-order chi connectivity index (χ1) is 18.5. The monoisotopic (exact) mass is 533 g/mol. The van der Waals surface area contributed by atoms with E-state index in [0.29, 0.717) is 54.6 Å². The number of pyridine rings is 2. The lowest BCUT2D eigenvalue weighted by Gasteiger charge is -2.35. The van der Waals surface area contributed by atoms with Crippen LogP contribution in [-0.4, -0.2) is 66.4 Å². The van der Waals surface area contributed by atoms with E-state index in [1.54, 1.807) is 59.8 Å². The summed E-state index contributed by atoms with van der Waals surface area (Å²) in [5.74, 6) is 0.695. The number of aliphatic hydroxyl groups is 1. The van der Waals surface area contributed by atoms with Crippen LogP contribution in [0.15, 0.2) is 78.1 Å². The van der Waals surface area contributed by atoms with Gasteiger partial charge in [0, 0.05) is 37.4 Å². The van der Waals surface area contributed by atoms with Crippen LogP contribution in [0, 0.1) is 0 Å². The Morgan fingerprint density at radius 1 is 1.03 bits per heavy atom. The average Bonchev–Trinajstić information content (AvgIpc) is 3.34. The van der Waals surface area contributed by atoms with Crippen LogP contribution in [0.2, 0.25) is 5.02 Å². The first-order valence-electron chi connectivity index (χ1n) is 12.5. The summed E-state index contributed by atoms with van der Waals surface area (Å²) in [7, 11) is 0. The number of amides is 1. The molecule has 1 N–H and O–H groups in total. The molecule has 0 aliphatic carbocycles. The fourth-order valence-corrected chi connectivity index (χ4v) is 4.76. The van der Waals surface area contributed by atoms with Gasteiger partial charge in [0.05, 0.1) is 17.9 Å². The van der Waals surface area contributed by atoms with Crippen LogP contribution >= 0.6 is 11.6 Å². The van der Waals surface area contributed by atoms with Crippen molar-refractivity contribution >= 4 is 23.3 Å². The van der Waals surface area contributed by atoms with Gasteiger partial charge in [-0.05, 0) is 48.4 Å². The van der Waals surface area contributed by atoms with Crippen molar-refractivity contribution in [1.82, 2.24) is 29.2 Å². The minimum absolute atomic E-state index is 0.0727. The van der Waals surface area contributed by atoms with Gasteiger partial charge in [-0.1, -0.05) is 36.7 Å². The minimum Gasteiger partial charge on any atom is -0.386 e. The fraction of sp³-hybridized carbons (Fsp3) is 0.296. The van der Waals surface area contributed by atoms with Crippen LogP contribution in [0.3, 0.4) is 0 Å². The third kappa shape index (κ3) is 5.18. The molecule has 5 rings (SSSR count). The Kier molecular flexibility index (Phi) is 7.52. The van der Waals surface area contributed by atoms with E-state index in [2.05, 4.69) is 20.0 Å². The van der Waals surface area contributed by atoms with Crippen LogP contribution in [0.1, 0.15) is 41.5 Å². The molecule has 1 saturated heterocycles. The van der Waals surface area contributed by atoms with Crippen molar-refractivity contribution in [3.05, 3.63) is 100 Å². The normalized spacial score (nSPS) is 15.3. The zero-order valence-electron chi connectivity index (χ0n) is 20.9. The standard InChI is InChI=1S/C27H28ClN7O3/c1-2-23(25(36)19-6-8-20(28)9-7-19)35-27(38)34(18-31-35)21-10-11-24(30-17-21)32-13-15-33(16-14-32)26(37)22-5-3-4-12-29-22/h3-12,17-18,23,25,36H,2,13-16H2,1H3/t23?,25-/m1/s1. The summed E-state index contributed by atoms with van der Waals surface area (Å²) in [5.41, 5.74) is 1.32. The highest BCUT2D eigenvalue weighted by atomic mass is 35.5. The summed E-state index contributed by atoms with van der Waals surface area (Å²) in [6, 6.07) is 15.4. The number of carbonyl (C=O) groups excluding carboxylic acids is 1. The Labute approximate surface area is 224 Å². The van der Waals surface area contributed by atoms with Crippen molar-refractivity contribution in [1.29, 1.82) is 0 Å². The van der Waals surface area contributed by atoms with E-state index in [-0.39, 0.29) is 11.6 Å². The number of aromatic nitrogens is 5. The number of hydrogen-bond acceptors (Lipinski definition) is 7. The van der Waals surface area contributed by atoms with Gasteiger partial charge in [0.2, 0.25) is 0 Å². The molecule has 1 aromatic carbocycles. The first kappa shape index (κ1) is 25.6. The minimum atomic E-state index is -0.915. The van der Waals surface area contributed by atoms with Crippen LogP contribution in [0.25, 0.3) is 5.69 Å². The number of rotatable bonds is 7. The molecule has 1 fully saturated rings. The lowest BCUT2D eigenvalue weighted by molar-refractivity contribution is 0.0740. The zero-order valence-corrected chi connectivity index (χ0v) is 21.6. The number of piperazine rings is 1. The van der Waals surface area contributed by atoms with E-state index < -0.39 is 12.1 Å². The molecular weight excluding hydrogens is 506 g/mol. The first-order valence-corrected chi connectivity index (χ1v) is 12.9. The fourth-order valence-electron chi connectivity index (χ4n) is 4.63. The molecule has 0 radical (unpaired) electrons. The Hall–Kier alpha value is -4.02. The van der Waals surface area contributed by atoms with Crippen molar-refractivity contribution in [2.24, 2.45) is 0 Å². The summed E-state index contributed by atoms with van der Waals surface area (Å²) in [6.45, 7) is 4.32. The molecule has 1 aliphatic rings. The van der Waals surface area contributed by atoms with Gasteiger partial charge in [0.15, 0.2) is 0 Å². The molecule has 1 unspecified atom stereocenters. The van der Waals surface area contributed by atoms with Crippen molar-refractivity contribution in [2.75, 3.05) is 31.1 Å². The second-order valence-electron chi connectivity index (χ2n) is 9.07. The van der Waals surface area contributed by atoms with E-state index in [0.717, 1.165) is 5.82 Å². The molecule has 1 aliphatic heterocycles. The average molecular weight is 534 g/mol. The highest BCUT2D eigenvalue weighted by Gasteiger charge is 2.26. The molecule has 3 aromatic heterocycles. The van der Waals surface area contributed by atoms with Crippen molar-refractivity contribution in [3.63, 3.8) is 0 Å². The van der Waals surface area contributed by atoms with Gasteiger partial charge in [0.1, 0.15) is 23.9 Å². The van der Waals surface area contributed by atoms with Crippen molar-refractivity contribution in [2.45, 2.75) is 25.5 Å². The van der Waals surface area contributed by atoms with Crippen LogP contribution < -0.4 is 10.6 Å². The lowest BCUT2D eigenvalue weighted by atomic mass is 10.0. The van der Waals surface area contributed by atoms with Gasteiger partial charge >= 0.3 is 5.69 Å². The van der Waals surface area contributed by atoms with Gasteiger partial charge in [-0.25, -0.2) is 19.0 Å². The number of hydrogen-bond donors (Lipinski definition) is 1. The van der Waals surface area contributed by atoms with Gasteiger partial charge in [-0.3, -0.25) is 9.78 Å². The number of anilines is 1. The third-order valence-electron chi connectivity index (χ3n) is 6.79. The predicted octanol–water partition coefficient (Wildman–Crippen LogP) is 3.12. The molecule has 0 saturated carbocycles. The number of nitrogens with zero attached hydrogens (tertiary/aromatic N) is 7. The van der Waals surface area contributed by atoms with E-state index in [9.17, 15) is 14.7 Å². The molecule has 4 heterocycles. The van der Waals surface area contributed by atoms with E-state index in [1.165, 1.54) is 15.6 Å². The topological polar surface area (TPSA) is 109 Å². The number of aliphatic hydroxyl groups excluding tert-OH is 1. The second kappa shape index (κ2) is 11.2. The maximum Gasteiger partial charge on any atom is 0.350 e. The highest BCUT2D eigenvalue weighted by Crippen LogP contribution is 2.28. The summed E-state index contributed by atoms with van der Waals surface area (Å²) in [4.78, 5) is 38.5. The highest BCUT2D eigenvalue weighted by molar-refractivity contribution is 6.30. The summed E-state index contributed by atoms with van der Waals surface area (Å²) >= 11 is 5.97. The van der Waals surface area contributed by atoms with Crippen LogP contribution in [0.5, 0.6) is 0 Å². The summed E-state index contributed by atoms with van der Waals surface area (Å²) < 4.78 is 2.72. The molecule has 196 valence electrons. The molecule has 1 amide bonds. The van der Waals surface area contributed by atoms with Gasteiger partial charge in [0.25, 0.3) is 5.91 Å². The molecule has 10 nitrogen and oxygen atoms in total. The smallest absolute Gasteiger partial charge is 0.350 e. The molecule has 2 atom stereocenters. The second-order valence-corrected chi connectivity index (χ2v) is 9.51. The number of benzene rings is 1. The van der Waals surface area contributed by atoms with Crippen LogP contribution in [-0.2, 0) is 0 Å². The van der Waals surface area contributed by atoms with E-state index in [1.807, 2.05) is 19.1 Å². The van der Waals surface area contributed by atoms with Gasteiger partial charge in [-0.15, -0.1) is 0 Å². The number of halogens is 1. The Morgan fingerprint density at radius 3 is 2.42 bits per heavy atom. The van der Waals surface area contributed by atoms with Crippen LogP contribution in [0.4, 0.5) is 5.82 Å². The van der Waals surface area contributed by atoms with E-state index >= 15 is 0 Å².